The van der Waals surface area contributed by atoms with E-state index < -0.39 is 6.10 Å². The topological polar surface area (TPSA) is 40.5 Å². The first kappa shape index (κ1) is 15.9. The number of carbonyl (C=O) groups excluding carboxylic acids is 1. The summed E-state index contributed by atoms with van der Waals surface area (Å²) in [5.74, 6) is -0.163. The number of hydrogen-bond donors (Lipinski definition) is 1. The molecular formula is C16H25NO2. The predicted molar refractivity (Wildman–Crippen MR) is 78.4 cm³/mol. The maximum absolute atomic E-state index is 11.9. The Balaban J connectivity index is 2.28. The van der Waals surface area contributed by atoms with Crippen LogP contribution < -0.4 is 0 Å². The monoisotopic (exact) mass is 263 g/mol. The molecule has 0 heterocycles. The maximum Gasteiger partial charge on any atom is 0.191 e. The number of aliphatic hydroxyl groups excluding tert-OH is 1. The van der Waals surface area contributed by atoms with Crippen LogP contribution in [-0.4, -0.2) is 41.5 Å². The van der Waals surface area contributed by atoms with Crippen molar-refractivity contribution in [1.29, 1.82) is 0 Å². The lowest BCUT2D eigenvalue weighted by atomic mass is 10.0. The summed E-state index contributed by atoms with van der Waals surface area (Å²) in [5, 5.41) is 9.89. The van der Waals surface area contributed by atoms with Crippen molar-refractivity contribution in [2.75, 3.05) is 19.6 Å². The van der Waals surface area contributed by atoms with E-state index >= 15 is 0 Å². The van der Waals surface area contributed by atoms with Crippen molar-refractivity contribution in [2.45, 2.75) is 39.2 Å². The van der Waals surface area contributed by atoms with Gasteiger partial charge in [-0.25, -0.2) is 0 Å². The van der Waals surface area contributed by atoms with Gasteiger partial charge < -0.3 is 10.0 Å². The van der Waals surface area contributed by atoms with E-state index in [1.807, 2.05) is 18.2 Å². The van der Waals surface area contributed by atoms with Crippen molar-refractivity contribution in [2.24, 2.45) is 0 Å². The molecular weight excluding hydrogens is 238 g/mol. The van der Waals surface area contributed by atoms with Crippen molar-refractivity contribution in [3.8, 4) is 0 Å². The van der Waals surface area contributed by atoms with Gasteiger partial charge in [-0.1, -0.05) is 44.2 Å². The first-order valence-electron chi connectivity index (χ1n) is 7.18. The van der Waals surface area contributed by atoms with Gasteiger partial charge in [-0.2, -0.15) is 0 Å². The standard InChI is InChI=1S/C16H25NO2/c1-3-17(4-2)13-9-8-12-15(18)16(19)14-10-6-5-7-11-14/h5-7,10-11,15,18H,3-4,8-9,12-13H2,1-2H3. The van der Waals surface area contributed by atoms with Gasteiger partial charge in [-0.05, 0) is 38.9 Å². The largest absolute Gasteiger partial charge is 0.385 e. The Morgan fingerprint density at radius 3 is 2.37 bits per heavy atom. The van der Waals surface area contributed by atoms with Crippen molar-refractivity contribution in [1.82, 2.24) is 4.90 Å². The number of Topliss-reactive ketones (excluding diaryl/α,β-unsaturated/α-hetero) is 1. The summed E-state index contributed by atoms with van der Waals surface area (Å²) < 4.78 is 0. The number of benzene rings is 1. The minimum Gasteiger partial charge on any atom is -0.385 e. The Labute approximate surface area is 116 Å². The van der Waals surface area contributed by atoms with Gasteiger partial charge in [-0.3, -0.25) is 4.79 Å². The quantitative estimate of drug-likeness (QED) is 0.550. The van der Waals surface area contributed by atoms with Crippen molar-refractivity contribution in [3.05, 3.63) is 35.9 Å². The number of rotatable bonds is 9. The molecule has 0 bridgehead atoms. The Morgan fingerprint density at radius 2 is 1.79 bits per heavy atom. The summed E-state index contributed by atoms with van der Waals surface area (Å²) in [5.41, 5.74) is 0.596. The van der Waals surface area contributed by atoms with Crippen LogP contribution in [0.1, 0.15) is 43.5 Å². The zero-order valence-corrected chi connectivity index (χ0v) is 12.0. The van der Waals surface area contributed by atoms with E-state index in [0.29, 0.717) is 12.0 Å². The molecule has 3 nitrogen and oxygen atoms in total. The Morgan fingerprint density at radius 1 is 1.16 bits per heavy atom. The molecule has 1 aromatic rings. The van der Waals surface area contributed by atoms with E-state index in [2.05, 4.69) is 18.7 Å². The van der Waals surface area contributed by atoms with Gasteiger partial charge in [0.1, 0.15) is 6.10 Å². The molecule has 0 aliphatic carbocycles. The second kappa shape index (κ2) is 8.83. The highest BCUT2D eigenvalue weighted by Gasteiger charge is 2.16. The van der Waals surface area contributed by atoms with Crippen LogP contribution in [0.15, 0.2) is 30.3 Å². The van der Waals surface area contributed by atoms with Gasteiger partial charge in [0.25, 0.3) is 0 Å². The summed E-state index contributed by atoms with van der Waals surface area (Å²) >= 11 is 0. The molecule has 0 aliphatic heterocycles. The third-order valence-electron chi connectivity index (χ3n) is 3.46. The molecule has 0 spiro atoms. The summed E-state index contributed by atoms with van der Waals surface area (Å²) in [6.45, 7) is 7.46. The molecule has 1 rings (SSSR count). The van der Waals surface area contributed by atoms with Crippen LogP contribution in [0, 0.1) is 0 Å². The lowest BCUT2D eigenvalue weighted by Gasteiger charge is -2.18. The van der Waals surface area contributed by atoms with E-state index in [4.69, 9.17) is 0 Å². The molecule has 0 radical (unpaired) electrons. The smallest absolute Gasteiger partial charge is 0.191 e. The molecule has 0 amide bonds. The predicted octanol–water partition coefficient (Wildman–Crippen LogP) is 2.74. The molecule has 19 heavy (non-hydrogen) atoms. The molecule has 0 saturated heterocycles. The third-order valence-corrected chi connectivity index (χ3v) is 3.46. The molecule has 3 heteroatoms. The summed E-state index contributed by atoms with van der Waals surface area (Å²) in [6.07, 6.45) is 1.60. The third kappa shape index (κ3) is 5.53. The molecule has 0 fully saturated rings. The zero-order chi connectivity index (χ0) is 14.1. The molecule has 0 saturated carbocycles. The van der Waals surface area contributed by atoms with Crippen LogP contribution in [-0.2, 0) is 0 Å². The minimum atomic E-state index is -0.862. The van der Waals surface area contributed by atoms with Crippen molar-refractivity contribution < 1.29 is 9.90 Å². The fourth-order valence-corrected chi connectivity index (χ4v) is 2.14. The second-order valence-electron chi connectivity index (χ2n) is 4.77. The average Bonchev–Trinajstić information content (AvgIpc) is 2.47. The van der Waals surface area contributed by atoms with E-state index in [0.717, 1.165) is 32.5 Å². The number of carbonyl (C=O) groups is 1. The van der Waals surface area contributed by atoms with Crippen LogP contribution in [0.5, 0.6) is 0 Å². The van der Waals surface area contributed by atoms with Crippen LogP contribution in [0.4, 0.5) is 0 Å². The van der Waals surface area contributed by atoms with Gasteiger partial charge in [0, 0.05) is 5.56 Å². The Hall–Kier alpha value is -1.19. The van der Waals surface area contributed by atoms with Gasteiger partial charge in [0.15, 0.2) is 5.78 Å². The molecule has 1 aromatic carbocycles. The Bertz CT molecular complexity index is 360. The SMILES string of the molecule is CCN(CC)CCCCC(O)C(=O)c1ccccc1. The lowest BCUT2D eigenvalue weighted by Crippen LogP contribution is -2.25. The molecule has 1 atom stereocenters. The Kier molecular flexibility index (Phi) is 7.38. The first-order chi connectivity index (χ1) is 9.19. The van der Waals surface area contributed by atoms with E-state index in [1.165, 1.54) is 0 Å². The van der Waals surface area contributed by atoms with Crippen LogP contribution in [0.3, 0.4) is 0 Å². The average molecular weight is 263 g/mol. The van der Waals surface area contributed by atoms with E-state index in [9.17, 15) is 9.90 Å². The highest BCUT2D eigenvalue weighted by atomic mass is 16.3. The zero-order valence-electron chi connectivity index (χ0n) is 12.0. The molecule has 106 valence electrons. The summed E-state index contributed by atoms with van der Waals surface area (Å²) in [4.78, 5) is 14.3. The van der Waals surface area contributed by atoms with Crippen molar-refractivity contribution >= 4 is 5.78 Å². The number of unbranched alkanes of at least 4 members (excludes halogenated alkanes) is 1. The molecule has 1 unspecified atom stereocenters. The molecule has 0 aliphatic rings. The van der Waals surface area contributed by atoms with Crippen LogP contribution in [0.2, 0.25) is 0 Å². The second-order valence-corrected chi connectivity index (χ2v) is 4.77. The van der Waals surface area contributed by atoms with Gasteiger partial charge in [-0.15, -0.1) is 0 Å². The minimum absolute atomic E-state index is 0.163. The normalized spacial score (nSPS) is 12.6. The lowest BCUT2D eigenvalue weighted by molar-refractivity contribution is 0.0723. The fourth-order valence-electron chi connectivity index (χ4n) is 2.14. The molecule has 1 N–H and O–H groups in total. The van der Waals surface area contributed by atoms with E-state index in [-0.39, 0.29) is 5.78 Å². The summed E-state index contributed by atoms with van der Waals surface area (Å²) in [7, 11) is 0. The number of hydrogen-bond acceptors (Lipinski definition) is 3. The number of nitrogens with zero attached hydrogens (tertiary/aromatic N) is 1. The van der Waals surface area contributed by atoms with E-state index in [1.54, 1.807) is 12.1 Å². The van der Waals surface area contributed by atoms with Gasteiger partial charge in [0.2, 0.25) is 0 Å². The fraction of sp³-hybridized carbons (Fsp3) is 0.562. The van der Waals surface area contributed by atoms with Crippen LogP contribution >= 0.6 is 0 Å². The maximum atomic E-state index is 11.9. The number of ketones is 1. The van der Waals surface area contributed by atoms with Gasteiger partial charge >= 0.3 is 0 Å². The van der Waals surface area contributed by atoms with Gasteiger partial charge in [0.05, 0.1) is 0 Å². The first-order valence-corrected chi connectivity index (χ1v) is 7.18. The summed E-state index contributed by atoms with van der Waals surface area (Å²) in [6, 6.07) is 9.01. The van der Waals surface area contributed by atoms with Crippen LogP contribution in [0.25, 0.3) is 0 Å². The number of aliphatic hydroxyl groups is 1. The van der Waals surface area contributed by atoms with Crippen molar-refractivity contribution in [3.63, 3.8) is 0 Å². The highest BCUT2D eigenvalue weighted by Crippen LogP contribution is 2.09. The molecule has 0 aromatic heterocycles. The highest BCUT2D eigenvalue weighted by molar-refractivity contribution is 5.99.